The van der Waals surface area contributed by atoms with Crippen molar-refractivity contribution in [1.29, 1.82) is 0 Å². The van der Waals surface area contributed by atoms with Crippen LogP contribution in [-0.2, 0) is 17.3 Å². The van der Waals surface area contributed by atoms with E-state index in [1.807, 2.05) is 35.2 Å². The molecule has 0 saturated heterocycles. The van der Waals surface area contributed by atoms with Crippen molar-refractivity contribution in [2.24, 2.45) is 0 Å². The zero-order valence-corrected chi connectivity index (χ0v) is 32.5. The molecule has 2 aliphatic rings. The van der Waals surface area contributed by atoms with Gasteiger partial charge in [0.2, 0.25) is 6.71 Å². The number of nitrogens with zero attached hydrogens (tertiary/aromatic N) is 2. The Morgan fingerprint density at radius 2 is 1.24 bits per heavy atom. The molecule has 0 radical (unpaired) electrons. The topological polar surface area (TPSA) is 17.8 Å². The SMILES string of the molecule is CC(C)(C)c1csc(B(c2cc(C(C)(C)C)cs2)C2CCCCC2)c1.c1ccc(Cc2cncn2-c2ccc(C3CCCCC3)cc2)cc1. The standard InChI is InChI=1S/C22H33BS2.C22H24N2/c1-21(2,3)16-12-19(24-14-16)23(18-10-8-7-9-11-18)20-13-17(15-25-20)22(4,5)6;1-3-7-18(8-4-1)15-22-16-23-17-24(22)21-13-11-20(12-14-21)19-9-5-2-6-10-19/h12-15,18H,7-11H2,1-6H3;1,3-4,7-8,11-14,16-17,19H,2,5-6,9-10,15H2. The average Bonchev–Trinajstić information content (AvgIpc) is 3.89. The van der Waals surface area contributed by atoms with E-state index in [9.17, 15) is 0 Å². The maximum Gasteiger partial charge on any atom is 0.238 e. The van der Waals surface area contributed by atoms with Gasteiger partial charge in [-0.1, -0.05) is 153 Å². The zero-order chi connectivity index (χ0) is 34.4. The third-order valence-electron chi connectivity index (χ3n) is 10.9. The van der Waals surface area contributed by atoms with Crippen LogP contribution in [0.4, 0.5) is 0 Å². The van der Waals surface area contributed by atoms with Gasteiger partial charge in [-0.2, -0.15) is 22.7 Å². The Morgan fingerprint density at radius 3 is 1.78 bits per heavy atom. The molecule has 0 N–H and O–H groups in total. The molecule has 2 aliphatic carbocycles. The van der Waals surface area contributed by atoms with Crippen molar-refractivity contribution in [3.8, 4) is 5.69 Å². The van der Waals surface area contributed by atoms with Crippen molar-refractivity contribution >= 4 is 38.9 Å². The predicted molar refractivity (Wildman–Crippen MR) is 217 cm³/mol. The molecule has 3 heterocycles. The lowest BCUT2D eigenvalue weighted by atomic mass is 9.37. The lowest BCUT2D eigenvalue weighted by Gasteiger charge is -2.27. The van der Waals surface area contributed by atoms with Crippen molar-refractivity contribution in [1.82, 2.24) is 9.55 Å². The van der Waals surface area contributed by atoms with Gasteiger partial charge in [-0.3, -0.25) is 0 Å². The first-order chi connectivity index (χ1) is 23.6. The van der Waals surface area contributed by atoms with E-state index in [-0.39, 0.29) is 10.8 Å². The normalized spacial score (nSPS) is 16.3. The molecule has 5 aromatic rings. The highest BCUT2D eigenvalue weighted by atomic mass is 32.1. The van der Waals surface area contributed by atoms with Crippen LogP contribution < -0.4 is 9.55 Å². The lowest BCUT2D eigenvalue weighted by molar-refractivity contribution is 0.443. The third kappa shape index (κ3) is 9.27. The predicted octanol–water partition coefficient (Wildman–Crippen LogP) is 11.9. The summed E-state index contributed by atoms with van der Waals surface area (Å²) in [6.07, 6.45) is 18.7. The molecule has 0 aliphatic heterocycles. The van der Waals surface area contributed by atoms with Crippen LogP contribution in [-0.4, -0.2) is 16.3 Å². The van der Waals surface area contributed by atoms with Gasteiger partial charge in [0, 0.05) is 24.0 Å². The van der Waals surface area contributed by atoms with Crippen LogP contribution in [0.2, 0.25) is 5.82 Å². The Morgan fingerprint density at radius 1 is 0.694 bits per heavy atom. The van der Waals surface area contributed by atoms with Crippen molar-refractivity contribution in [3.05, 3.63) is 118 Å². The molecule has 3 aromatic heterocycles. The van der Waals surface area contributed by atoms with E-state index in [0.29, 0.717) is 6.71 Å². The average molecular weight is 689 g/mol. The van der Waals surface area contributed by atoms with Crippen LogP contribution in [0.1, 0.15) is 140 Å². The number of hydrogen-bond acceptors (Lipinski definition) is 3. The molecule has 5 heteroatoms. The molecule has 2 saturated carbocycles. The Kier molecular flexibility index (Phi) is 11.7. The van der Waals surface area contributed by atoms with Gasteiger partial charge in [-0.15, -0.1) is 0 Å². The largest absolute Gasteiger partial charge is 0.303 e. The Balaban J connectivity index is 0.000000170. The van der Waals surface area contributed by atoms with Gasteiger partial charge < -0.3 is 4.57 Å². The zero-order valence-electron chi connectivity index (χ0n) is 30.9. The molecule has 0 spiro atoms. The van der Waals surface area contributed by atoms with Crippen LogP contribution in [0, 0.1) is 0 Å². The van der Waals surface area contributed by atoms with E-state index < -0.39 is 0 Å². The second-order valence-corrected chi connectivity index (χ2v) is 18.6. The van der Waals surface area contributed by atoms with E-state index in [2.05, 4.69) is 129 Å². The third-order valence-corrected chi connectivity index (χ3v) is 12.9. The summed E-state index contributed by atoms with van der Waals surface area (Å²) in [6.45, 7) is 14.6. The van der Waals surface area contributed by atoms with Gasteiger partial charge in [-0.25, -0.2) is 4.98 Å². The summed E-state index contributed by atoms with van der Waals surface area (Å²) < 4.78 is 5.40. The van der Waals surface area contributed by atoms with Gasteiger partial charge in [0.05, 0.1) is 6.33 Å². The van der Waals surface area contributed by atoms with E-state index in [1.165, 1.54) is 97.8 Å². The van der Waals surface area contributed by atoms with Gasteiger partial charge in [0.25, 0.3) is 0 Å². The van der Waals surface area contributed by atoms with Gasteiger partial charge in [0.1, 0.15) is 0 Å². The molecule has 2 nitrogen and oxygen atoms in total. The second-order valence-electron chi connectivity index (χ2n) is 16.7. The van der Waals surface area contributed by atoms with Crippen LogP contribution in [0.5, 0.6) is 0 Å². The number of aromatic nitrogens is 2. The lowest BCUT2D eigenvalue weighted by Crippen LogP contribution is -2.44. The first-order valence-corrected chi connectivity index (χ1v) is 20.7. The van der Waals surface area contributed by atoms with Crippen molar-refractivity contribution in [2.45, 2.75) is 135 Å². The fourth-order valence-electron chi connectivity index (χ4n) is 7.72. The molecular formula is C44H57BN2S2. The molecule has 0 unspecified atom stereocenters. The summed E-state index contributed by atoms with van der Waals surface area (Å²) in [4.78, 5) is 4.37. The summed E-state index contributed by atoms with van der Waals surface area (Å²) >= 11 is 3.99. The number of hydrogen-bond donors (Lipinski definition) is 0. The quantitative estimate of drug-likeness (QED) is 0.156. The Hall–Kier alpha value is -2.89. The molecule has 0 amide bonds. The summed E-state index contributed by atoms with van der Waals surface area (Å²) in [7, 11) is 0. The monoisotopic (exact) mass is 688 g/mol. The Labute approximate surface area is 305 Å². The molecule has 2 aromatic carbocycles. The van der Waals surface area contributed by atoms with E-state index in [4.69, 9.17) is 0 Å². The number of benzene rings is 2. The van der Waals surface area contributed by atoms with Crippen molar-refractivity contribution < 1.29 is 0 Å². The minimum absolute atomic E-state index is 0.248. The molecule has 0 bridgehead atoms. The number of imidazole rings is 1. The van der Waals surface area contributed by atoms with Gasteiger partial charge in [-0.05, 0) is 84.3 Å². The first-order valence-electron chi connectivity index (χ1n) is 18.9. The van der Waals surface area contributed by atoms with Crippen molar-refractivity contribution in [3.63, 3.8) is 0 Å². The number of thiophene rings is 2. The Bertz CT molecular complexity index is 1670. The minimum Gasteiger partial charge on any atom is -0.303 e. The molecule has 7 rings (SSSR count). The molecule has 0 atom stereocenters. The van der Waals surface area contributed by atoms with Crippen LogP contribution in [0.3, 0.4) is 0 Å². The fourth-order valence-corrected chi connectivity index (χ4v) is 10.5. The fraction of sp³-hybridized carbons (Fsp3) is 0.477. The summed E-state index contributed by atoms with van der Waals surface area (Å²) in [5, 5.41) is 4.81. The molecular weight excluding hydrogens is 631 g/mol. The highest BCUT2D eigenvalue weighted by Crippen LogP contribution is 2.35. The maximum absolute atomic E-state index is 4.37. The molecule has 2 fully saturated rings. The van der Waals surface area contributed by atoms with Crippen LogP contribution in [0.15, 0.2) is 90.0 Å². The smallest absolute Gasteiger partial charge is 0.238 e. The molecule has 258 valence electrons. The van der Waals surface area contributed by atoms with Gasteiger partial charge >= 0.3 is 0 Å². The molecule has 49 heavy (non-hydrogen) atoms. The minimum atomic E-state index is 0.248. The summed E-state index contributed by atoms with van der Waals surface area (Å²) in [5.74, 6) is 1.59. The second kappa shape index (κ2) is 16.0. The van der Waals surface area contributed by atoms with Crippen LogP contribution >= 0.6 is 22.7 Å². The summed E-state index contributed by atoms with van der Waals surface area (Å²) in [5.41, 5.74) is 8.75. The van der Waals surface area contributed by atoms with E-state index >= 15 is 0 Å². The van der Waals surface area contributed by atoms with E-state index in [0.717, 1.165) is 18.2 Å². The first kappa shape index (κ1) is 35.9. The van der Waals surface area contributed by atoms with Crippen molar-refractivity contribution in [2.75, 3.05) is 0 Å². The number of rotatable bonds is 7. The summed E-state index contributed by atoms with van der Waals surface area (Å²) in [6, 6.07) is 24.7. The highest BCUT2D eigenvalue weighted by Gasteiger charge is 2.34. The highest BCUT2D eigenvalue weighted by molar-refractivity contribution is 7.31. The maximum atomic E-state index is 4.37. The van der Waals surface area contributed by atoms with Gasteiger partial charge in [0.15, 0.2) is 0 Å². The van der Waals surface area contributed by atoms with E-state index in [1.54, 1.807) is 9.55 Å². The van der Waals surface area contributed by atoms with Crippen LogP contribution in [0.25, 0.3) is 5.69 Å².